The van der Waals surface area contributed by atoms with Gasteiger partial charge in [0.05, 0.1) is 0 Å². The second kappa shape index (κ2) is 4.29. The molecule has 4 heteroatoms. The van der Waals surface area contributed by atoms with Crippen molar-refractivity contribution >= 4 is 12.4 Å². The summed E-state index contributed by atoms with van der Waals surface area (Å²) in [5.74, 6) is 1.75. The average Bonchev–Trinajstić information content (AvgIpc) is 2.88. The molecule has 0 radical (unpaired) electrons. The van der Waals surface area contributed by atoms with E-state index in [-0.39, 0.29) is 12.4 Å². The second-order valence-corrected chi connectivity index (χ2v) is 3.76. The van der Waals surface area contributed by atoms with Gasteiger partial charge in [-0.05, 0) is 37.1 Å². The predicted octanol–water partition coefficient (Wildman–Crippen LogP) is 2.26. The van der Waals surface area contributed by atoms with Crippen LogP contribution in [0.2, 0.25) is 0 Å². The first-order chi connectivity index (χ1) is 6.93. The molecule has 0 aliphatic carbocycles. The molecule has 15 heavy (non-hydrogen) atoms. The Bertz CT molecular complexity index is 350. The fourth-order valence-electron chi connectivity index (χ4n) is 2.10. The third-order valence-electron chi connectivity index (χ3n) is 2.86. The molecule has 1 saturated heterocycles. The largest absolute Gasteiger partial charge is 0.454 e. The Morgan fingerprint density at radius 2 is 2.07 bits per heavy atom. The zero-order valence-electron chi connectivity index (χ0n) is 8.36. The lowest BCUT2D eigenvalue weighted by Crippen LogP contribution is -2.12. The standard InChI is InChI=1S/C11H13NO2.ClH/c1-2-9(12-5-1)8-3-4-10-11(6-8)14-7-13-10;/h3-4,6,9,12H,1-2,5,7H2;1H/t9-;/m0./s1. The van der Waals surface area contributed by atoms with Crippen LogP contribution in [0.4, 0.5) is 0 Å². The molecule has 0 aromatic heterocycles. The molecule has 2 aliphatic heterocycles. The molecule has 0 saturated carbocycles. The molecule has 2 heterocycles. The fourth-order valence-corrected chi connectivity index (χ4v) is 2.10. The van der Waals surface area contributed by atoms with E-state index in [4.69, 9.17) is 9.47 Å². The Labute approximate surface area is 95.2 Å². The van der Waals surface area contributed by atoms with Gasteiger partial charge in [0, 0.05) is 6.04 Å². The van der Waals surface area contributed by atoms with Crippen molar-refractivity contribution < 1.29 is 9.47 Å². The number of halogens is 1. The molecule has 82 valence electrons. The molecule has 0 unspecified atom stereocenters. The summed E-state index contributed by atoms with van der Waals surface area (Å²) < 4.78 is 10.6. The van der Waals surface area contributed by atoms with Gasteiger partial charge < -0.3 is 14.8 Å². The number of nitrogens with one attached hydrogen (secondary N) is 1. The first-order valence-electron chi connectivity index (χ1n) is 5.06. The molecule has 1 atom stereocenters. The van der Waals surface area contributed by atoms with E-state index in [1.807, 2.05) is 6.07 Å². The van der Waals surface area contributed by atoms with Gasteiger partial charge in [-0.25, -0.2) is 0 Å². The van der Waals surface area contributed by atoms with Crippen molar-refractivity contribution in [3.05, 3.63) is 23.8 Å². The molecule has 1 fully saturated rings. The predicted molar refractivity (Wildman–Crippen MR) is 59.8 cm³/mol. The van der Waals surface area contributed by atoms with Crippen LogP contribution in [0.15, 0.2) is 18.2 Å². The third kappa shape index (κ3) is 1.90. The molecular formula is C11H14ClNO2. The molecule has 3 rings (SSSR count). The van der Waals surface area contributed by atoms with Crippen molar-refractivity contribution in [2.24, 2.45) is 0 Å². The van der Waals surface area contributed by atoms with Crippen LogP contribution in [0.25, 0.3) is 0 Å². The van der Waals surface area contributed by atoms with E-state index in [0.29, 0.717) is 12.8 Å². The van der Waals surface area contributed by atoms with Crippen LogP contribution in [0.1, 0.15) is 24.4 Å². The van der Waals surface area contributed by atoms with Crippen molar-refractivity contribution in [3.8, 4) is 11.5 Å². The average molecular weight is 228 g/mol. The Morgan fingerprint density at radius 1 is 1.20 bits per heavy atom. The number of ether oxygens (including phenoxy) is 2. The highest BCUT2D eigenvalue weighted by Gasteiger charge is 2.19. The van der Waals surface area contributed by atoms with Gasteiger partial charge in [0.15, 0.2) is 11.5 Å². The Kier molecular flexibility index (Phi) is 3.03. The van der Waals surface area contributed by atoms with E-state index in [9.17, 15) is 0 Å². The van der Waals surface area contributed by atoms with Gasteiger partial charge in [0.1, 0.15) is 0 Å². The summed E-state index contributed by atoms with van der Waals surface area (Å²) in [6.45, 7) is 1.48. The SMILES string of the molecule is Cl.c1cc2c(cc1[C@@H]1CCCN1)OCO2. The maximum atomic E-state index is 5.35. The summed E-state index contributed by atoms with van der Waals surface area (Å²) in [6, 6.07) is 6.71. The van der Waals surface area contributed by atoms with Crippen molar-refractivity contribution in [1.29, 1.82) is 0 Å². The number of hydrogen-bond donors (Lipinski definition) is 1. The van der Waals surface area contributed by atoms with Crippen LogP contribution in [-0.2, 0) is 0 Å². The van der Waals surface area contributed by atoms with Crippen LogP contribution < -0.4 is 14.8 Å². The summed E-state index contributed by atoms with van der Waals surface area (Å²) in [7, 11) is 0. The van der Waals surface area contributed by atoms with Crippen LogP contribution in [0, 0.1) is 0 Å². The van der Waals surface area contributed by atoms with Crippen molar-refractivity contribution in [2.45, 2.75) is 18.9 Å². The number of hydrogen-bond acceptors (Lipinski definition) is 3. The minimum absolute atomic E-state index is 0. The van der Waals surface area contributed by atoms with E-state index < -0.39 is 0 Å². The van der Waals surface area contributed by atoms with Gasteiger partial charge in [-0.3, -0.25) is 0 Å². The van der Waals surface area contributed by atoms with Crippen molar-refractivity contribution in [3.63, 3.8) is 0 Å². The van der Waals surface area contributed by atoms with E-state index in [1.165, 1.54) is 18.4 Å². The lowest BCUT2D eigenvalue weighted by Gasteiger charge is -2.10. The smallest absolute Gasteiger partial charge is 0.231 e. The molecule has 0 amide bonds. The van der Waals surface area contributed by atoms with Crippen LogP contribution in [0.5, 0.6) is 11.5 Å². The third-order valence-corrected chi connectivity index (χ3v) is 2.86. The lowest BCUT2D eigenvalue weighted by atomic mass is 10.1. The normalized spacial score (nSPS) is 22.5. The highest BCUT2D eigenvalue weighted by atomic mass is 35.5. The molecule has 1 N–H and O–H groups in total. The van der Waals surface area contributed by atoms with Gasteiger partial charge >= 0.3 is 0 Å². The summed E-state index contributed by atoms with van der Waals surface area (Å²) in [4.78, 5) is 0. The molecule has 1 aromatic carbocycles. The first-order valence-corrected chi connectivity index (χ1v) is 5.06. The van der Waals surface area contributed by atoms with E-state index in [2.05, 4.69) is 17.4 Å². The topological polar surface area (TPSA) is 30.5 Å². The van der Waals surface area contributed by atoms with E-state index >= 15 is 0 Å². The second-order valence-electron chi connectivity index (χ2n) is 3.76. The molecule has 0 spiro atoms. The monoisotopic (exact) mass is 227 g/mol. The van der Waals surface area contributed by atoms with Crippen LogP contribution >= 0.6 is 12.4 Å². The van der Waals surface area contributed by atoms with Gasteiger partial charge in [0.25, 0.3) is 0 Å². The maximum Gasteiger partial charge on any atom is 0.231 e. The van der Waals surface area contributed by atoms with Crippen LogP contribution in [-0.4, -0.2) is 13.3 Å². The number of benzene rings is 1. The first kappa shape index (κ1) is 10.6. The van der Waals surface area contributed by atoms with E-state index in [0.717, 1.165) is 18.0 Å². The molecule has 0 bridgehead atoms. The highest BCUT2D eigenvalue weighted by molar-refractivity contribution is 5.85. The molecule has 1 aromatic rings. The van der Waals surface area contributed by atoms with Gasteiger partial charge in [-0.15, -0.1) is 12.4 Å². The molecular weight excluding hydrogens is 214 g/mol. The Hall–Kier alpha value is -0.930. The minimum Gasteiger partial charge on any atom is -0.454 e. The fraction of sp³-hybridized carbons (Fsp3) is 0.455. The van der Waals surface area contributed by atoms with E-state index in [1.54, 1.807) is 0 Å². The highest BCUT2D eigenvalue weighted by Crippen LogP contribution is 2.35. The van der Waals surface area contributed by atoms with Gasteiger partial charge in [-0.1, -0.05) is 6.07 Å². The van der Waals surface area contributed by atoms with Gasteiger partial charge in [-0.2, -0.15) is 0 Å². The lowest BCUT2D eigenvalue weighted by molar-refractivity contribution is 0.174. The summed E-state index contributed by atoms with van der Waals surface area (Å²) in [6.07, 6.45) is 2.48. The quantitative estimate of drug-likeness (QED) is 0.799. The van der Waals surface area contributed by atoms with Crippen molar-refractivity contribution in [1.82, 2.24) is 5.32 Å². The van der Waals surface area contributed by atoms with Gasteiger partial charge in [0.2, 0.25) is 6.79 Å². The number of rotatable bonds is 1. The van der Waals surface area contributed by atoms with Crippen LogP contribution in [0.3, 0.4) is 0 Å². The van der Waals surface area contributed by atoms with Crippen molar-refractivity contribution in [2.75, 3.05) is 13.3 Å². The summed E-state index contributed by atoms with van der Waals surface area (Å²) >= 11 is 0. The zero-order valence-corrected chi connectivity index (χ0v) is 9.18. The minimum atomic E-state index is 0. The summed E-state index contributed by atoms with van der Waals surface area (Å²) in [5.41, 5.74) is 1.31. The Balaban J connectivity index is 0.000000853. The molecule has 3 nitrogen and oxygen atoms in total. The number of fused-ring (bicyclic) bond motifs is 1. The molecule has 2 aliphatic rings. The maximum absolute atomic E-state index is 5.35. The zero-order chi connectivity index (χ0) is 9.38. The Morgan fingerprint density at radius 3 is 2.87 bits per heavy atom. The summed E-state index contributed by atoms with van der Waals surface area (Å²) in [5, 5.41) is 3.47.